The lowest BCUT2D eigenvalue weighted by Gasteiger charge is -2.40. The van der Waals surface area contributed by atoms with E-state index in [1.54, 1.807) is 0 Å². The topological polar surface area (TPSA) is 53.3 Å². The second kappa shape index (κ2) is 9.46. The molecular weight excluding hydrogens is 312 g/mol. The summed E-state index contributed by atoms with van der Waals surface area (Å²) in [7, 11) is 0. The number of nitriles is 1. The zero-order chi connectivity index (χ0) is 19.0. The standard InChI is InChI=1S/C15H20N2.C6H12O2/c1-3-14-7-4-12(2)11-17(14)15-8-5-13(10-16)6-9-15;1-5(7)8-6(2,3)4/h5-6,8-9,12,14H,3-4,7,11H2,1-2H3;1-4H3. The molecule has 1 saturated heterocycles. The summed E-state index contributed by atoms with van der Waals surface area (Å²) < 4.78 is 4.80. The van der Waals surface area contributed by atoms with E-state index in [9.17, 15) is 4.79 Å². The van der Waals surface area contributed by atoms with Gasteiger partial charge in [-0.1, -0.05) is 13.8 Å². The Morgan fingerprint density at radius 1 is 1.28 bits per heavy atom. The number of ether oxygens (including phenoxy) is 1. The Morgan fingerprint density at radius 2 is 1.88 bits per heavy atom. The van der Waals surface area contributed by atoms with E-state index >= 15 is 0 Å². The van der Waals surface area contributed by atoms with Crippen molar-refractivity contribution in [3.05, 3.63) is 29.8 Å². The Labute approximate surface area is 152 Å². The summed E-state index contributed by atoms with van der Waals surface area (Å²) in [6, 6.07) is 10.8. The molecule has 1 aliphatic rings. The van der Waals surface area contributed by atoms with Crippen molar-refractivity contribution in [2.45, 2.75) is 72.4 Å². The van der Waals surface area contributed by atoms with Crippen LogP contribution in [0.15, 0.2) is 24.3 Å². The van der Waals surface area contributed by atoms with Crippen LogP contribution in [0.5, 0.6) is 0 Å². The van der Waals surface area contributed by atoms with E-state index in [0.717, 1.165) is 18.0 Å². The minimum absolute atomic E-state index is 0.225. The van der Waals surface area contributed by atoms with Crippen molar-refractivity contribution in [3.8, 4) is 6.07 Å². The predicted octanol–water partition coefficient (Wildman–Crippen LogP) is 4.92. The number of anilines is 1. The molecule has 0 aliphatic carbocycles. The summed E-state index contributed by atoms with van der Waals surface area (Å²) in [5, 5.41) is 8.82. The van der Waals surface area contributed by atoms with E-state index in [-0.39, 0.29) is 11.6 Å². The van der Waals surface area contributed by atoms with Crippen LogP contribution in [-0.2, 0) is 9.53 Å². The van der Waals surface area contributed by atoms with Crippen molar-refractivity contribution in [3.63, 3.8) is 0 Å². The van der Waals surface area contributed by atoms with Crippen LogP contribution >= 0.6 is 0 Å². The number of esters is 1. The lowest BCUT2D eigenvalue weighted by Crippen LogP contribution is -2.42. The van der Waals surface area contributed by atoms with Crippen molar-refractivity contribution in [1.29, 1.82) is 5.26 Å². The molecule has 0 radical (unpaired) electrons. The molecule has 1 aromatic carbocycles. The van der Waals surface area contributed by atoms with E-state index in [4.69, 9.17) is 10.00 Å². The molecule has 1 aliphatic heterocycles. The Balaban J connectivity index is 0.000000333. The van der Waals surface area contributed by atoms with Crippen molar-refractivity contribution in [1.82, 2.24) is 0 Å². The van der Waals surface area contributed by atoms with Gasteiger partial charge in [-0.2, -0.15) is 5.26 Å². The van der Waals surface area contributed by atoms with Gasteiger partial charge in [0.2, 0.25) is 0 Å². The highest BCUT2D eigenvalue weighted by atomic mass is 16.6. The molecule has 4 nitrogen and oxygen atoms in total. The molecule has 0 spiro atoms. The van der Waals surface area contributed by atoms with Crippen LogP contribution in [-0.4, -0.2) is 24.2 Å². The average molecular weight is 344 g/mol. The molecular formula is C21H32N2O2. The largest absolute Gasteiger partial charge is 0.460 e. The first-order valence-electron chi connectivity index (χ1n) is 9.12. The number of piperidine rings is 1. The lowest BCUT2D eigenvalue weighted by molar-refractivity contribution is -0.151. The molecule has 25 heavy (non-hydrogen) atoms. The van der Waals surface area contributed by atoms with Gasteiger partial charge in [0.1, 0.15) is 5.60 Å². The van der Waals surface area contributed by atoms with Crippen molar-refractivity contribution in [2.75, 3.05) is 11.4 Å². The minimum atomic E-state index is -0.328. The van der Waals surface area contributed by atoms with Crippen molar-refractivity contribution in [2.24, 2.45) is 5.92 Å². The molecule has 0 N–H and O–H groups in total. The van der Waals surface area contributed by atoms with E-state index in [1.807, 2.05) is 32.9 Å². The molecule has 1 heterocycles. The van der Waals surface area contributed by atoms with Crippen LogP contribution in [0.25, 0.3) is 0 Å². The second-order valence-electron chi connectivity index (χ2n) is 7.76. The minimum Gasteiger partial charge on any atom is -0.460 e. The third kappa shape index (κ3) is 7.60. The third-order valence-electron chi connectivity index (χ3n) is 4.19. The molecule has 0 aromatic heterocycles. The molecule has 1 fully saturated rings. The fourth-order valence-electron chi connectivity index (χ4n) is 3.11. The summed E-state index contributed by atoms with van der Waals surface area (Å²) >= 11 is 0. The van der Waals surface area contributed by atoms with Crippen LogP contribution in [0.1, 0.15) is 66.4 Å². The highest BCUT2D eigenvalue weighted by Gasteiger charge is 2.24. The molecule has 2 atom stereocenters. The molecule has 138 valence electrons. The van der Waals surface area contributed by atoms with Crippen LogP contribution in [0.4, 0.5) is 5.69 Å². The first-order chi connectivity index (χ1) is 11.7. The Morgan fingerprint density at radius 3 is 2.28 bits per heavy atom. The molecule has 2 rings (SSSR count). The zero-order valence-electron chi connectivity index (χ0n) is 16.5. The van der Waals surface area contributed by atoms with Gasteiger partial charge in [0, 0.05) is 25.2 Å². The summed E-state index contributed by atoms with van der Waals surface area (Å²) in [6.45, 7) is 12.7. The summed E-state index contributed by atoms with van der Waals surface area (Å²) in [5.74, 6) is 0.547. The predicted molar refractivity (Wildman–Crippen MR) is 102 cm³/mol. The molecule has 1 aromatic rings. The molecule has 0 bridgehead atoms. The Bertz CT molecular complexity index is 581. The highest BCUT2D eigenvalue weighted by Crippen LogP contribution is 2.29. The van der Waals surface area contributed by atoms with Crippen molar-refractivity contribution < 1.29 is 9.53 Å². The van der Waals surface area contributed by atoms with Gasteiger partial charge in [0.15, 0.2) is 0 Å². The Kier molecular flexibility index (Phi) is 7.96. The van der Waals surface area contributed by atoms with Gasteiger partial charge in [0.25, 0.3) is 0 Å². The van der Waals surface area contributed by atoms with Gasteiger partial charge < -0.3 is 9.64 Å². The maximum absolute atomic E-state index is 10.2. The molecule has 0 saturated carbocycles. The number of nitrogens with zero attached hydrogens (tertiary/aromatic N) is 2. The number of hydrogen-bond donors (Lipinski definition) is 0. The first-order valence-corrected chi connectivity index (χ1v) is 9.12. The fraction of sp³-hybridized carbons (Fsp3) is 0.619. The van der Waals surface area contributed by atoms with E-state index in [0.29, 0.717) is 6.04 Å². The lowest BCUT2D eigenvalue weighted by atomic mass is 9.92. The summed E-state index contributed by atoms with van der Waals surface area (Å²) in [6.07, 6.45) is 3.83. The molecule has 0 amide bonds. The zero-order valence-corrected chi connectivity index (χ0v) is 16.5. The molecule has 4 heteroatoms. The van der Waals surface area contributed by atoms with Crippen LogP contribution < -0.4 is 4.90 Å². The smallest absolute Gasteiger partial charge is 0.303 e. The van der Waals surface area contributed by atoms with Gasteiger partial charge in [-0.25, -0.2) is 0 Å². The SMILES string of the molecule is CC(=O)OC(C)(C)C.CCC1CCC(C)CN1c1ccc(C#N)cc1. The van der Waals surface area contributed by atoms with E-state index in [2.05, 4.69) is 36.9 Å². The second-order valence-corrected chi connectivity index (χ2v) is 7.76. The van der Waals surface area contributed by atoms with E-state index in [1.165, 1.54) is 31.9 Å². The summed E-state index contributed by atoms with van der Waals surface area (Å²) in [5.41, 5.74) is 1.68. The normalized spacial score (nSPS) is 20.1. The average Bonchev–Trinajstić information content (AvgIpc) is 2.53. The third-order valence-corrected chi connectivity index (χ3v) is 4.19. The Hall–Kier alpha value is -2.02. The highest BCUT2D eigenvalue weighted by molar-refractivity contribution is 5.66. The number of carbonyl (C=O) groups is 1. The van der Waals surface area contributed by atoms with Gasteiger partial charge in [-0.15, -0.1) is 0 Å². The molecule has 2 unspecified atom stereocenters. The maximum atomic E-state index is 10.2. The van der Waals surface area contributed by atoms with Gasteiger partial charge in [0.05, 0.1) is 11.6 Å². The monoisotopic (exact) mass is 344 g/mol. The maximum Gasteiger partial charge on any atom is 0.303 e. The number of hydrogen-bond acceptors (Lipinski definition) is 4. The van der Waals surface area contributed by atoms with Crippen LogP contribution in [0.3, 0.4) is 0 Å². The number of benzene rings is 1. The van der Waals surface area contributed by atoms with Crippen LogP contribution in [0.2, 0.25) is 0 Å². The summed E-state index contributed by atoms with van der Waals surface area (Å²) in [4.78, 5) is 12.7. The van der Waals surface area contributed by atoms with Gasteiger partial charge in [-0.05, 0) is 70.2 Å². The van der Waals surface area contributed by atoms with Gasteiger partial charge >= 0.3 is 5.97 Å². The first kappa shape index (κ1) is 21.0. The quantitative estimate of drug-likeness (QED) is 0.715. The fourth-order valence-corrected chi connectivity index (χ4v) is 3.11. The van der Waals surface area contributed by atoms with Crippen molar-refractivity contribution >= 4 is 11.7 Å². The number of carbonyl (C=O) groups excluding carboxylic acids is 1. The number of rotatable bonds is 2. The van der Waals surface area contributed by atoms with Crippen LogP contribution in [0, 0.1) is 17.2 Å². The van der Waals surface area contributed by atoms with Gasteiger partial charge in [-0.3, -0.25) is 4.79 Å². The van der Waals surface area contributed by atoms with E-state index < -0.39 is 0 Å².